The summed E-state index contributed by atoms with van der Waals surface area (Å²) in [7, 11) is 3.77. The third kappa shape index (κ3) is 8.84. The monoisotopic (exact) mass is 631 g/mol. The number of likely N-dealkylation sites (N-methyl/N-ethyl adjacent to an activating group) is 1. The van der Waals surface area contributed by atoms with Crippen molar-refractivity contribution in [3.8, 4) is 11.1 Å². The molecule has 0 bridgehead atoms. The molecule has 0 radical (unpaired) electrons. The van der Waals surface area contributed by atoms with Crippen LogP contribution < -0.4 is 5.32 Å². The van der Waals surface area contributed by atoms with Gasteiger partial charge in [-0.05, 0) is 68.7 Å². The number of ether oxygens (including phenoxy) is 1. The number of thiocarbonyl (C=S) groups is 1. The molecule has 0 spiro atoms. The molecule has 1 aromatic carbocycles. The molecule has 2 amide bonds. The van der Waals surface area contributed by atoms with Crippen molar-refractivity contribution in [1.82, 2.24) is 15.1 Å². The highest BCUT2D eigenvalue weighted by Crippen LogP contribution is 2.37. The molecular weight excluding hydrogens is 603 g/mol. The molecule has 1 aliphatic rings. The lowest BCUT2D eigenvalue weighted by Gasteiger charge is -2.31. The maximum absolute atomic E-state index is 13.6. The fraction of sp³-hybridized carbons (Fsp3) is 0.407. The van der Waals surface area contributed by atoms with E-state index in [9.17, 15) is 31.9 Å². The number of alkyl halides is 3. The van der Waals surface area contributed by atoms with Crippen LogP contribution in [0.15, 0.2) is 34.6 Å². The summed E-state index contributed by atoms with van der Waals surface area (Å²) in [6, 6.07) is 4.39. The summed E-state index contributed by atoms with van der Waals surface area (Å²) in [5, 5.41) is 4.24. The van der Waals surface area contributed by atoms with Crippen LogP contribution in [0.5, 0.6) is 0 Å². The Balaban J connectivity index is 1.52. The lowest BCUT2D eigenvalue weighted by molar-refractivity contribution is -0.147. The number of hydrogen-bond donors (Lipinski definition) is 1. The molecule has 2 aromatic rings. The molecule has 2 heterocycles. The molecule has 1 fully saturated rings. The van der Waals surface area contributed by atoms with Crippen LogP contribution in [0.1, 0.15) is 37.1 Å². The summed E-state index contributed by atoms with van der Waals surface area (Å²) >= 11 is 7.56. The van der Waals surface area contributed by atoms with Crippen molar-refractivity contribution in [2.75, 3.05) is 33.8 Å². The van der Waals surface area contributed by atoms with Crippen LogP contribution in [0.25, 0.3) is 17.2 Å². The van der Waals surface area contributed by atoms with Crippen molar-refractivity contribution in [2.24, 2.45) is 0 Å². The summed E-state index contributed by atoms with van der Waals surface area (Å²) in [6.45, 7) is 4.23. The molecule has 0 atom stereocenters. The Kier molecular flexibility index (Phi) is 10.7. The van der Waals surface area contributed by atoms with E-state index in [4.69, 9.17) is 17.0 Å². The number of nitrogens with zero attached hydrogens (tertiary/aromatic N) is 2. The minimum atomic E-state index is -4.82. The minimum Gasteiger partial charge on any atom is -0.464 e. The Labute approximate surface area is 248 Å². The molecule has 7 nitrogen and oxygen atoms in total. The smallest absolute Gasteiger partial charge is 0.419 e. The zero-order valence-corrected chi connectivity index (χ0v) is 25.2. The van der Waals surface area contributed by atoms with E-state index in [0.29, 0.717) is 15.3 Å². The van der Waals surface area contributed by atoms with Crippen LogP contribution in [-0.2, 0) is 25.3 Å². The number of thioether (sulfide) groups is 1. The van der Waals surface area contributed by atoms with E-state index in [2.05, 4.69) is 5.32 Å². The lowest BCUT2D eigenvalue weighted by atomic mass is 10.0. The quantitative estimate of drug-likeness (QED) is 0.151. The van der Waals surface area contributed by atoms with Gasteiger partial charge in [0.25, 0.3) is 5.91 Å². The van der Waals surface area contributed by atoms with E-state index >= 15 is 0 Å². The van der Waals surface area contributed by atoms with Crippen molar-refractivity contribution in [1.29, 1.82) is 0 Å². The van der Waals surface area contributed by atoms with Gasteiger partial charge in [-0.1, -0.05) is 30.0 Å². The summed E-state index contributed by atoms with van der Waals surface area (Å²) in [5.41, 5.74) is -1.03. The molecule has 0 aliphatic carbocycles. The van der Waals surface area contributed by atoms with E-state index in [0.717, 1.165) is 23.9 Å². The van der Waals surface area contributed by atoms with E-state index in [-0.39, 0.29) is 53.9 Å². The number of halogens is 4. The topological polar surface area (TPSA) is 79.0 Å². The maximum atomic E-state index is 13.6. The highest BCUT2D eigenvalue weighted by Gasteiger charge is 2.35. The molecular formula is C27H29F4N3O4S3. The Hall–Kier alpha value is -2.81. The van der Waals surface area contributed by atoms with Gasteiger partial charge in [0.2, 0.25) is 5.91 Å². The van der Waals surface area contributed by atoms with Crippen molar-refractivity contribution in [2.45, 2.75) is 38.4 Å². The number of esters is 1. The minimum absolute atomic E-state index is 0.0112. The zero-order chi connectivity index (χ0) is 30.5. The number of amides is 2. The highest BCUT2D eigenvalue weighted by molar-refractivity contribution is 8.26. The second-order valence-corrected chi connectivity index (χ2v) is 12.6. The van der Waals surface area contributed by atoms with Gasteiger partial charge in [-0.15, -0.1) is 11.3 Å². The largest absolute Gasteiger partial charge is 0.464 e. The second-order valence-electron chi connectivity index (χ2n) is 9.98. The van der Waals surface area contributed by atoms with Crippen molar-refractivity contribution >= 4 is 63.5 Å². The zero-order valence-electron chi connectivity index (χ0n) is 22.8. The maximum Gasteiger partial charge on any atom is 0.419 e. The molecule has 1 N–H and O–H groups in total. The van der Waals surface area contributed by atoms with Crippen LogP contribution in [0.2, 0.25) is 0 Å². The van der Waals surface area contributed by atoms with Crippen molar-refractivity contribution in [3.63, 3.8) is 0 Å². The number of nitrogens with one attached hydrogen (secondary N) is 1. The molecule has 41 heavy (non-hydrogen) atoms. The van der Waals surface area contributed by atoms with E-state index < -0.39 is 29.4 Å². The third-order valence-electron chi connectivity index (χ3n) is 6.38. The van der Waals surface area contributed by atoms with Gasteiger partial charge < -0.3 is 15.0 Å². The Bertz CT molecular complexity index is 1360. The summed E-state index contributed by atoms with van der Waals surface area (Å²) in [4.78, 5) is 41.2. The van der Waals surface area contributed by atoms with Crippen molar-refractivity contribution < 1.29 is 36.7 Å². The fourth-order valence-electron chi connectivity index (χ4n) is 3.39. The highest BCUT2D eigenvalue weighted by atomic mass is 32.2. The molecule has 3 rings (SSSR count). The number of carbonyl (C=O) groups excluding carboxylic acids is 3. The van der Waals surface area contributed by atoms with E-state index in [1.165, 1.54) is 22.3 Å². The first-order chi connectivity index (χ1) is 19.1. The molecule has 14 heteroatoms. The SMILES string of the molecule is CN(C)C(C)(C)COC(=O)CCNC(=O)CCN1C(=O)C(=Cc2cc(-c3ccc(F)c(C(F)(F)F)c3)cs2)SC1=S. The van der Waals surface area contributed by atoms with Crippen LogP contribution in [0.4, 0.5) is 17.6 Å². The predicted molar refractivity (Wildman–Crippen MR) is 156 cm³/mol. The molecule has 0 saturated carbocycles. The summed E-state index contributed by atoms with van der Waals surface area (Å²) < 4.78 is 58.4. The normalized spacial score (nSPS) is 15.2. The number of hydrogen-bond acceptors (Lipinski definition) is 8. The van der Waals surface area contributed by atoms with Crippen molar-refractivity contribution in [3.05, 3.63) is 50.8 Å². The molecule has 222 valence electrons. The van der Waals surface area contributed by atoms with Crippen LogP contribution in [0, 0.1) is 5.82 Å². The number of carbonyl (C=O) groups is 3. The van der Waals surface area contributed by atoms with Crippen LogP contribution in [-0.4, -0.2) is 71.2 Å². The number of rotatable bonds is 11. The Morgan fingerprint density at radius 3 is 2.51 bits per heavy atom. The van der Waals surface area contributed by atoms with Gasteiger partial charge in [-0.3, -0.25) is 19.3 Å². The lowest BCUT2D eigenvalue weighted by Crippen LogP contribution is -2.43. The summed E-state index contributed by atoms with van der Waals surface area (Å²) in [5.74, 6) is -2.53. The molecule has 0 unspecified atom stereocenters. The molecule has 1 aromatic heterocycles. The first-order valence-electron chi connectivity index (χ1n) is 12.4. The van der Waals surface area contributed by atoms with Crippen LogP contribution >= 0.6 is 35.3 Å². The fourth-order valence-corrected chi connectivity index (χ4v) is 5.61. The first kappa shape index (κ1) is 32.7. The average Bonchev–Trinajstić information content (AvgIpc) is 3.45. The van der Waals surface area contributed by atoms with Crippen LogP contribution in [0.3, 0.4) is 0 Å². The Morgan fingerprint density at radius 1 is 1.15 bits per heavy atom. The third-order valence-corrected chi connectivity index (χ3v) is 8.64. The second kappa shape index (κ2) is 13.4. The van der Waals surface area contributed by atoms with E-state index in [1.54, 1.807) is 17.5 Å². The average molecular weight is 632 g/mol. The van der Waals surface area contributed by atoms with Gasteiger partial charge in [0.15, 0.2) is 0 Å². The standard InChI is InChI=1S/C27H29F4N3O4S3/c1-26(2,33(3)4)15-38-23(36)7-9-32-22(35)8-10-34-24(37)21(41-25(34)39)13-18-11-17(14-40-18)16-5-6-20(28)19(12-16)27(29,30)31/h5-6,11-14H,7-10,15H2,1-4H3,(H,32,35). The summed E-state index contributed by atoms with van der Waals surface area (Å²) in [6.07, 6.45) is -3.27. The van der Waals surface area contributed by atoms with Gasteiger partial charge in [0, 0.05) is 29.9 Å². The molecule has 1 aliphatic heterocycles. The number of thiophene rings is 1. The van der Waals surface area contributed by atoms with Gasteiger partial charge in [-0.25, -0.2) is 4.39 Å². The molecule has 1 saturated heterocycles. The predicted octanol–water partition coefficient (Wildman–Crippen LogP) is 5.55. The number of benzene rings is 1. The van der Waals surface area contributed by atoms with Gasteiger partial charge in [0.05, 0.1) is 16.9 Å². The van der Waals surface area contributed by atoms with Gasteiger partial charge in [0.1, 0.15) is 16.7 Å². The Morgan fingerprint density at radius 2 is 1.85 bits per heavy atom. The van der Waals surface area contributed by atoms with Gasteiger partial charge >= 0.3 is 12.1 Å². The first-order valence-corrected chi connectivity index (χ1v) is 14.5. The van der Waals surface area contributed by atoms with E-state index in [1.807, 2.05) is 32.8 Å². The van der Waals surface area contributed by atoms with Gasteiger partial charge in [-0.2, -0.15) is 13.2 Å².